The number of amides is 2. The standard InChI is InChI=1S/C31H22ClN3O7/c1-42-24-12-11-21(35(40)41)16-22(24)34-30(38)25-23-15-19(28(36)17-5-3-2-4-6-17)13-14-33(23)27(26(25)31(34)39)29(37)18-7-9-20(32)10-8-18/h2-16,23,25-27H,1H3/t23-,25+,26-,27+/m1/s1. The molecule has 11 heteroatoms. The summed E-state index contributed by atoms with van der Waals surface area (Å²) in [5.41, 5.74) is 0.625. The van der Waals surface area contributed by atoms with Crippen molar-refractivity contribution in [2.24, 2.45) is 11.8 Å². The number of carbonyl (C=O) groups excluding carboxylic acids is 4. The van der Waals surface area contributed by atoms with E-state index in [1.807, 2.05) is 0 Å². The monoisotopic (exact) mass is 583 g/mol. The summed E-state index contributed by atoms with van der Waals surface area (Å²) in [6.45, 7) is 0. The topological polar surface area (TPSA) is 127 Å². The molecule has 0 aliphatic carbocycles. The van der Waals surface area contributed by atoms with Crippen LogP contribution in [0.25, 0.3) is 0 Å². The highest BCUT2D eigenvalue weighted by atomic mass is 35.5. The van der Waals surface area contributed by atoms with Crippen LogP contribution in [-0.4, -0.2) is 52.4 Å². The van der Waals surface area contributed by atoms with Gasteiger partial charge in [-0.15, -0.1) is 0 Å². The van der Waals surface area contributed by atoms with Crippen molar-refractivity contribution in [1.29, 1.82) is 0 Å². The number of ketones is 2. The smallest absolute Gasteiger partial charge is 0.271 e. The number of nitro benzene ring substituents is 1. The summed E-state index contributed by atoms with van der Waals surface area (Å²) in [6, 6.07) is 16.5. The highest BCUT2D eigenvalue weighted by Gasteiger charge is 2.64. The Labute approximate surface area is 244 Å². The van der Waals surface area contributed by atoms with Crippen molar-refractivity contribution in [3.8, 4) is 5.75 Å². The molecule has 0 saturated carbocycles. The lowest BCUT2D eigenvalue weighted by Crippen LogP contribution is -2.46. The second-order valence-corrected chi connectivity index (χ2v) is 10.5. The number of rotatable bonds is 7. The highest BCUT2D eigenvalue weighted by molar-refractivity contribution is 6.30. The maximum absolute atomic E-state index is 14.1. The largest absolute Gasteiger partial charge is 0.495 e. The lowest BCUT2D eigenvalue weighted by molar-refractivity contribution is -0.384. The number of non-ortho nitro benzene ring substituents is 1. The molecule has 3 heterocycles. The minimum Gasteiger partial charge on any atom is -0.495 e. The zero-order chi connectivity index (χ0) is 29.7. The summed E-state index contributed by atoms with van der Waals surface area (Å²) < 4.78 is 5.34. The normalized spacial score (nSPS) is 22.5. The van der Waals surface area contributed by atoms with E-state index in [1.165, 1.54) is 19.2 Å². The summed E-state index contributed by atoms with van der Waals surface area (Å²) in [5.74, 6) is -4.13. The van der Waals surface area contributed by atoms with Crippen molar-refractivity contribution in [3.63, 3.8) is 0 Å². The van der Waals surface area contributed by atoms with Gasteiger partial charge < -0.3 is 9.64 Å². The number of allylic oxidation sites excluding steroid dienone is 2. The molecule has 3 aromatic carbocycles. The van der Waals surface area contributed by atoms with E-state index in [2.05, 4.69) is 0 Å². The van der Waals surface area contributed by atoms with Gasteiger partial charge in [0.15, 0.2) is 11.6 Å². The molecule has 0 spiro atoms. The first-order chi connectivity index (χ1) is 20.2. The van der Waals surface area contributed by atoms with Crippen LogP contribution < -0.4 is 9.64 Å². The Morgan fingerprint density at radius 2 is 1.62 bits per heavy atom. The number of nitrogens with zero attached hydrogens (tertiary/aromatic N) is 3. The Kier molecular flexibility index (Phi) is 6.70. The van der Waals surface area contributed by atoms with Crippen LogP contribution in [0.4, 0.5) is 11.4 Å². The van der Waals surface area contributed by atoms with Gasteiger partial charge in [0.1, 0.15) is 17.5 Å². The first-order valence-electron chi connectivity index (χ1n) is 13.0. The van der Waals surface area contributed by atoms with Gasteiger partial charge in [0, 0.05) is 40.1 Å². The molecule has 0 aromatic heterocycles. The fourth-order valence-corrected chi connectivity index (χ4v) is 6.07. The van der Waals surface area contributed by atoms with Crippen LogP contribution in [0.15, 0.2) is 96.7 Å². The molecule has 3 aromatic rings. The number of nitro groups is 1. The third-order valence-electron chi connectivity index (χ3n) is 7.86. The fourth-order valence-electron chi connectivity index (χ4n) is 5.94. The van der Waals surface area contributed by atoms with Gasteiger partial charge in [-0.3, -0.25) is 29.3 Å². The molecule has 6 rings (SSSR count). The second kappa shape index (κ2) is 10.4. The predicted octanol–water partition coefficient (Wildman–Crippen LogP) is 4.63. The van der Waals surface area contributed by atoms with E-state index in [9.17, 15) is 29.3 Å². The predicted molar refractivity (Wildman–Crippen MR) is 152 cm³/mol. The molecule has 2 amide bonds. The van der Waals surface area contributed by atoms with Crippen LogP contribution >= 0.6 is 11.6 Å². The number of methoxy groups -OCH3 is 1. The Hall–Kier alpha value is -5.09. The van der Waals surface area contributed by atoms with Crippen molar-refractivity contribution in [1.82, 2.24) is 4.90 Å². The van der Waals surface area contributed by atoms with Crippen LogP contribution in [0.5, 0.6) is 5.75 Å². The van der Waals surface area contributed by atoms with E-state index in [0.717, 1.165) is 11.0 Å². The summed E-state index contributed by atoms with van der Waals surface area (Å²) in [4.78, 5) is 68.8. The molecule has 210 valence electrons. The summed E-state index contributed by atoms with van der Waals surface area (Å²) >= 11 is 6.03. The number of fused-ring (bicyclic) bond motifs is 3. The third-order valence-corrected chi connectivity index (χ3v) is 8.11. The number of imide groups is 1. The van der Waals surface area contributed by atoms with Gasteiger partial charge in [-0.1, -0.05) is 48.0 Å². The number of halogens is 1. The molecule has 2 saturated heterocycles. The third kappa shape index (κ3) is 4.27. The first-order valence-corrected chi connectivity index (χ1v) is 13.4. The second-order valence-electron chi connectivity index (χ2n) is 10.1. The van der Waals surface area contributed by atoms with E-state index in [-0.39, 0.29) is 22.9 Å². The van der Waals surface area contributed by atoms with Crippen LogP contribution in [0, 0.1) is 22.0 Å². The number of benzene rings is 3. The molecular formula is C31H22ClN3O7. The lowest BCUT2D eigenvalue weighted by Gasteiger charge is -2.33. The van der Waals surface area contributed by atoms with Crippen LogP contribution in [0.1, 0.15) is 20.7 Å². The van der Waals surface area contributed by atoms with Gasteiger partial charge >= 0.3 is 0 Å². The average Bonchev–Trinajstić information content (AvgIpc) is 3.48. The maximum Gasteiger partial charge on any atom is 0.271 e. The Morgan fingerprint density at radius 3 is 2.29 bits per heavy atom. The van der Waals surface area contributed by atoms with Crippen LogP contribution in [0.2, 0.25) is 5.02 Å². The quantitative estimate of drug-likeness (QED) is 0.170. The zero-order valence-corrected chi connectivity index (χ0v) is 22.8. The summed E-state index contributed by atoms with van der Waals surface area (Å²) in [6.07, 6.45) is 4.77. The number of Topliss-reactive ketones (excluding diaryl/α,β-unsaturated/α-hetero) is 2. The van der Waals surface area contributed by atoms with Crippen molar-refractivity contribution >= 4 is 46.4 Å². The molecule has 2 fully saturated rings. The Balaban J connectivity index is 1.46. The lowest BCUT2D eigenvalue weighted by atomic mass is 9.85. The number of hydrogen-bond donors (Lipinski definition) is 0. The molecule has 42 heavy (non-hydrogen) atoms. The van der Waals surface area contributed by atoms with Crippen molar-refractivity contribution in [2.45, 2.75) is 12.1 Å². The van der Waals surface area contributed by atoms with E-state index in [1.54, 1.807) is 77.8 Å². The van der Waals surface area contributed by atoms with Gasteiger partial charge in [-0.2, -0.15) is 0 Å². The minimum absolute atomic E-state index is 0.0822. The number of carbonyl (C=O) groups is 4. The molecule has 10 nitrogen and oxygen atoms in total. The van der Waals surface area contributed by atoms with Crippen molar-refractivity contribution in [2.75, 3.05) is 12.0 Å². The average molecular weight is 584 g/mol. The molecule has 0 radical (unpaired) electrons. The van der Waals surface area contributed by atoms with E-state index in [0.29, 0.717) is 21.7 Å². The van der Waals surface area contributed by atoms with Crippen molar-refractivity contribution < 1.29 is 28.8 Å². The molecule has 0 bridgehead atoms. The Morgan fingerprint density at radius 1 is 0.929 bits per heavy atom. The van der Waals surface area contributed by atoms with Gasteiger partial charge in [0.25, 0.3) is 5.69 Å². The van der Waals surface area contributed by atoms with E-state index in [4.69, 9.17) is 16.3 Å². The maximum atomic E-state index is 14.1. The number of hydrogen-bond acceptors (Lipinski definition) is 8. The molecule has 3 aliphatic rings. The fraction of sp³-hybridized carbons (Fsp3) is 0.161. The zero-order valence-electron chi connectivity index (χ0n) is 22.0. The minimum atomic E-state index is -1.14. The van der Waals surface area contributed by atoms with Crippen molar-refractivity contribution in [3.05, 3.63) is 123 Å². The molecule has 4 atom stereocenters. The highest BCUT2D eigenvalue weighted by Crippen LogP contribution is 2.49. The van der Waals surface area contributed by atoms with E-state index < -0.39 is 46.4 Å². The molecular weight excluding hydrogens is 562 g/mol. The van der Waals surface area contributed by atoms with Gasteiger partial charge in [-0.25, -0.2) is 4.90 Å². The van der Waals surface area contributed by atoms with Gasteiger partial charge in [-0.05, 0) is 36.4 Å². The number of anilines is 1. The Bertz CT molecular complexity index is 1720. The summed E-state index contributed by atoms with van der Waals surface area (Å²) in [5, 5.41) is 11.9. The molecule has 3 aliphatic heterocycles. The summed E-state index contributed by atoms with van der Waals surface area (Å²) in [7, 11) is 1.32. The SMILES string of the molecule is COc1ccc([N+](=O)[O-])cc1N1C(=O)[C@@H]2[C@@H](C1=O)[C@@H](C(=O)c1ccc(Cl)cc1)N1C=CC(C(=O)c3ccccc3)=C[C@H]21. The van der Waals surface area contributed by atoms with E-state index >= 15 is 0 Å². The molecule has 0 N–H and O–H groups in total. The molecule has 0 unspecified atom stereocenters. The van der Waals surface area contributed by atoms with Gasteiger partial charge in [0.2, 0.25) is 11.8 Å². The van der Waals surface area contributed by atoms with Crippen LogP contribution in [0.3, 0.4) is 0 Å². The first kappa shape index (κ1) is 27.1. The number of ether oxygens (including phenoxy) is 1. The van der Waals surface area contributed by atoms with Crippen LogP contribution in [-0.2, 0) is 9.59 Å². The van der Waals surface area contributed by atoms with Gasteiger partial charge in [0.05, 0.1) is 29.9 Å².